The number of hydrogen-bond acceptors (Lipinski definition) is 6. The topological polar surface area (TPSA) is 81.7 Å². The minimum absolute atomic E-state index is 0.0900. The first-order valence-electron chi connectivity index (χ1n) is 12.1. The van der Waals surface area contributed by atoms with Gasteiger partial charge >= 0.3 is 0 Å². The number of aromatic nitrogens is 4. The minimum atomic E-state index is -0.0900. The van der Waals surface area contributed by atoms with E-state index in [0.29, 0.717) is 47.7 Å². The average molecular weight is 488 g/mol. The number of ether oxygens (including phenoxy) is 1. The zero-order valence-corrected chi connectivity index (χ0v) is 21.8. The number of amides is 1. The summed E-state index contributed by atoms with van der Waals surface area (Å²) in [6.07, 6.45) is 2.67. The lowest BCUT2D eigenvalue weighted by Crippen LogP contribution is -2.35. The molecule has 0 unspecified atom stereocenters. The zero-order chi connectivity index (χ0) is 24.7. The van der Waals surface area contributed by atoms with Crippen LogP contribution in [0.4, 0.5) is 0 Å². The molecule has 1 aromatic carbocycles. The first-order valence-corrected chi connectivity index (χ1v) is 13.1. The van der Waals surface area contributed by atoms with E-state index < -0.39 is 0 Å². The molecule has 0 atom stereocenters. The molecule has 0 N–H and O–H groups in total. The van der Waals surface area contributed by atoms with Crippen molar-refractivity contribution >= 4 is 34.3 Å². The lowest BCUT2D eigenvalue weighted by molar-refractivity contribution is -0.128. The Morgan fingerprint density at radius 3 is 2.41 bits per heavy atom. The number of methoxy groups -OCH3 is 1. The number of carbonyl (C=O) groups excluding carboxylic acids is 1. The highest BCUT2D eigenvalue weighted by atomic mass is 32.2. The lowest BCUT2D eigenvalue weighted by Gasteiger charge is -2.24. The molecule has 1 amide bonds. The normalized spacial score (nSPS) is 11.9. The van der Waals surface area contributed by atoms with Crippen LogP contribution in [-0.2, 0) is 16.1 Å². The molecule has 0 fully saturated rings. The van der Waals surface area contributed by atoms with Gasteiger partial charge in [-0.05, 0) is 43.2 Å². The van der Waals surface area contributed by atoms with Crippen molar-refractivity contribution in [3.8, 4) is 0 Å². The van der Waals surface area contributed by atoms with Crippen molar-refractivity contribution in [2.45, 2.75) is 58.7 Å². The van der Waals surface area contributed by atoms with Gasteiger partial charge < -0.3 is 9.64 Å². The number of aryl methyl sites for hydroxylation is 1. The van der Waals surface area contributed by atoms with Gasteiger partial charge in [0.15, 0.2) is 5.16 Å². The molecule has 0 saturated heterocycles. The second-order valence-electron chi connectivity index (χ2n) is 9.47. The Balaban J connectivity index is 1.88. The predicted octanol–water partition coefficient (Wildman–Crippen LogP) is 4.09. The molecule has 0 spiro atoms. The lowest BCUT2D eigenvalue weighted by atomic mass is 10.1. The summed E-state index contributed by atoms with van der Waals surface area (Å²) in [4.78, 5) is 28.2. The third kappa shape index (κ3) is 6.39. The number of nitrogens with zero attached hydrogens (tertiary/aromatic N) is 5. The molecule has 2 heterocycles. The smallest absolute Gasteiger partial charge is 0.262 e. The molecule has 186 valence electrons. The van der Waals surface area contributed by atoms with E-state index in [9.17, 15) is 9.59 Å². The predicted molar refractivity (Wildman–Crippen MR) is 137 cm³/mol. The molecule has 2 aromatic heterocycles. The van der Waals surface area contributed by atoms with Crippen LogP contribution in [0.15, 0.2) is 34.2 Å². The van der Waals surface area contributed by atoms with Crippen LogP contribution in [0, 0.1) is 11.8 Å². The van der Waals surface area contributed by atoms with Gasteiger partial charge in [-0.25, -0.2) is 0 Å². The fourth-order valence-corrected chi connectivity index (χ4v) is 4.65. The van der Waals surface area contributed by atoms with Gasteiger partial charge in [0, 0.05) is 33.4 Å². The third-order valence-corrected chi connectivity index (χ3v) is 6.75. The summed E-state index contributed by atoms with van der Waals surface area (Å²) in [6, 6.07) is 7.48. The molecule has 0 aliphatic carbocycles. The Labute approximate surface area is 205 Å². The van der Waals surface area contributed by atoms with E-state index in [4.69, 9.17) is 4.74 Å². The van der Waals surface area contributed by atoms with Gasteiger partial charge in [-0.15, -0.1) is 10.2 Å². The SMILES string of the molecule is COCCCn1c(=O)c2ccccc2n2c(SCC(=O)N(CCC(C)C)CCC(C)C)nnc12. The Bertz CT molecular complexity index is 1140. The summed E-state index contributed by atoms with van der Waals surface area (Å²) in [5, 5.41) is 9.93. The number of para-hydroxylation sites is 1. The summed E-state index contributed by atoms with van der Waals surface area (Å²) in [6.45, 7) is 11.3. The van der Waals surface area contributed by atoms with Crippen molar-refractivity contribution in [1.29, 1.82) is 0 Å². The first-order chi connectivity index (χ1) is 16.3. The number of benzene rings is 1. The van der Waals surface area contributed by atoms with Gasteiger partial charge in [0.05, 0.1) is 16.7 Å². The molecule has 8 nitrogen and oxygen atoms in total. The van der Waals surface area contributed by atoms with Gasteiger partial charge in [-0.3, -0.25) is 18.6 Å². The summed E-state index contributed by atoms with van der Waals surface area (Å²) in [7, 11) is 1.65. The second kappa shape index (κ2) is 12.4. The maximum Gasteiger partial charge on any atom is 0.262 e. The van der Waals surface area contributed by atoms with Crippen LogP contribution in [0.25, 0.3) is 16.7 Å². The second-order valence-corrected chi connectivity index (χ2v) is 10.4. The number of carbonyl (C=O) groups is 1. The Morgan fingerprint density at radius 2 is 1.76 bits per heavy atom. The maximum absolute atomic E-state index is 13.1. The highest BCUT2D eigenvalue weighted by molar-refractivity contribution is 7.99. The zero-order valence-electron chi connectivity index (χ0n) is 21.0. The molecule has 0 radical (unpaired) electrons. The van der Waals surface area contributed by atoms with Gasteiger partial charge in [-0.1, -0.05) is 51.6 Å². The van der Waals surface area contributed by atoms with Crippen LogP contribution in [0.3, 0.4) is 0 Å². The summed E-state index contributed by atoms with van der Waals surface area (Å²) >= 11 is 1.38. The largest absolute Gasteiger partial charge is 0.385 e. The van der Waals surface area contributed by atoms with Gasteiger partial charge in [0.25, 0.3) is 5.56 Å². The Hall–Kier alpha value is -2.39. The Morgan fingerprint density at radius 1 is 1.09 bits per heavy atom. The van der Waals surface area contributed by atoms with Crippen molar-refractivity contribution in [3.05, 3.63) is 34.6 Å². The van der Waals surface area contributed by atoms with Gasteiger partial charge in [0.1, 0.15) is 0 Å². The molecule has 3 rings (SSSR count). The maximum atomic E-state index is 13.1. The van der Waals surface area contributed by atoms with Crippen LogP contribution in [-0.4, -0.2) is 62.5 Å². The number of hydrogen-bond donors (Lipinski definition) is 0. The monoisotopic (exact) mass is 487 g/mol. The molecule has 3 aromatic rings. The minimum Gasteiger partial charge on any atom is -0.385 e. The molecule has 0 bridgehead atoms. The van der Waals surface area contributed by atoms with Crippen molar-refractivity contribution < 1.29 is 9.53 Å². The molecular weight excluding hydrogens is 450 g/mol. The number of rotatable bonds is 13. The van der Waals surface area contributed by atoms with E-state index in [2.05, 4.69) is 37.9 Å². The van der Waals surface area contributed by atoms with Crippen molar-refractivity contribution in [2.24, 2.45) is 11.8 Å². The van der Waals surface area contributed by atoms with Crippen LogP contribution >= 0.6 is 11.8 Å². The first kappa shape index (κ1) is 26.2. The van der Waals surface area contributed by atoms with Crippen molar-refractivity contribution in [2.75, 3.05) is 32.6 Å². The van der Waals surface area contributed by atoms with Crippen LogP contribution in [0.1, 0.15) is 47.0 Å². The third-order valence-electron chi connectivity index (χ3n) is 5.84. The average Bonchev–Trinajstić information content (AvgIpc) is 3.23. The quantitative estimate of drug-likeness (QED) is 0.267. The molecule has 9 heteroatoms. The van der Waals surface area contributed by atoms with E-state index in [-0.39, 0.29) is 17.2 Å². The number of thioether (sulfide) groups is 1. The molecular formula is C25H37N5O3S. The highest BCUT2D eigenvalue weighted by Crippen LogP contribution is 2.22. The van der Waals surface area contributed by atoms with E-state index in [0.717, 1.165) is 31.4 Å². The van der Waals surface area contributed by atoms with Crippen LogP contribution in [0.5, 0.6) is 0 Å². The van der Waals surface area contributed by atoms with Gasteiger partial charge in [0.2, 0.25) is 11.7 Å². The van der Waals surface area contributed by atoms with E-state index in [1.54, 1.807) is 11.7 Å². The van der Waals surface area contributed by atoms with E-state index in [1.807, 2.05) is 33.6 Å². The number of fused-ring (bicyclic) bond motifs is 3. The molecule has 0 aliphatic heterocycles. The van der Waals surface area contributed by atoms with Crippen LogP contribution < -0.4 is 5.56 Å². The van der Waals surface area contributed by atoms with Gasteiger partial charge in [-0.2, -0.15) is 0 Å². The van der Waals surface area contributed by atoms with Crippen molar-refractivity contribution in [3.63, 3.8) is 0 Å². The molecule has 34 heavy (non-hydrogen) atoms. The van der Waals surface area contributed by atoms with Crippen LogP contribution in [0.2, 0.25) is 0 Å². The summed E-state index contributed by atoms with van der Waals surface area (Å²) < 4.78 is 8.71. The summed E-state index contributed by atoms with van der Waals surface area (Å²) in [5.74, 6) is 1.98. The highest BCUT2D eigenvalue weighted by Gasteiger charge is 2.20. The fraction of sp³-hybridized carbons (Fsp3) is 0.600. The molecule has 0 aliphatic rings. The summed E-state index contributed by atoms with van der Waals surface area (Å²) in [5.41, 5.74) is 0.662. The van der Waals surface area contributed by atoms with Crippen molar-refractivity contribution in [1.82, 2.24) is 24.1 Å². The molecule has 0 saturated carbocycles. The fourth-order valence-electron chi connectivity index (χ4n) is 3.80. The van der Waals surface area contributed by atoms with E-state index >= 15 is 0 Å². The Kier molecular flexibility index (Phi) is 9.53. The van der Waals surface area contributed by atoms with E-state index in [1.165, 1.54) is 11.8 Å². The standard InChI is InChI=1S/C25H37N5O3S/c1-18(2)11-14-28(15-12-19(3)4)22(31)17-34-25-27-26-24-29(13-8-16-33-5)23(32)20-9-6-7-10-21(20)30(24)25/h6-7,9-10,18-19H,8,11-17H2,1-5H3.